The fourth-order valence-electron chi connectivity index (χ4n) is 3.86. The maximum absolute atomic E-state index is 13.0. The molecule has 160 valence electrons. The quantitative estimate of drug-likeness (QED) is 0.634. The molecule has 4 rings (SSSR count). The van der Waals surface area contributed by atoms with E-state index in [9.17, 15) is 14.4 Å². The average molecular weight is 458 g/mol. The lowest BCUT2D eigenvalue weighted by Crippen LogP contribution is -2.33. The largest absolute Gasteiger partial charge is 0.350 e. The summed E-state index contributed by atoms with van der Waals surface area (Å²) in [4.78, 5) is 39.0. The van der Waals surface area contributed by atoms with Crippen molar-refractivity contribution in [2.24, 2.45) is 0 Å². The Morgan fingerprint density at radius 2 is 1.68 bits per heavy atom. The van der Waals surface area contributed by atoms with Crippen LogP contribution in [-0.4, -0.2) is 23.8 Å². The van der Waals surface area contributed by atoms with E-state index in [4.69, 9.17) is 23.2 Å². The van der Waals surface area contributed by atoms with Crippen LogP contribution in [0.5, 0.6) is 0 Å². The molecule has 6 nitrogen and oxygen atoms in total. The van der Waals surface area contributed by atoms with Crippen LogP contribution in [0, 0.1) is 6.92 Å². The number of hydrogen-bond donors (Lipinski definition) is 2. The first-order chi connectivity index (χ1) is 14.9. The van der Waals surface area contributed by atoms with E-state index < -0.39 is 11.8 Å². The lowest BCUT2D eigenvalue weighted by atomic mass is 10.1. The van der Waals surface area contributed by atoms with Gasteiger partial charge in [0.05, 0.1) is 5.69 Å². The number of amides is 3. The van der Waals surface area contributed by atoms with Crippen molar-refractivity contribution in [2.45, 2.75) is 38.6 Å². The third-order valence-electron chi connectivity index (χ3n) is 5.61. The number of hydrogen-bond acceptors (Lipinski definition) is 4. The number of rotatable bonds is 5. The SMILES string of the molecule is Cc1c(Cl)cccc1N1C(=O)C(Cl)=C(Nc2ccc(C(=O)NC3CCCC3)cc2)C1=O. The van der Waals surface area contributed by atoms with Gasteiger partial charge in [-0.3, -0.25) is 14.4 Å². The summed E-state index contributed by atoms with van der Waals surface area (Å²) in [7, 11) is 0. The molecule has 1 aliphatic carbocycles. The zero-order valence-corrected chi connectivity index (χ0v) is 18.4. The van der Waals surface area contributed by atoms with Crippen LogP contribution >= 0.6 is 23.2 Å². The molecule has 31 heavy (non-hydrogen) atoms. The van der Waals surface area contributed by atoms with Gasteiger partial charge in [-0.2, -0.15) is 0 Å². The van der Waals surface area contributed by atoms with Gasteiger partial charge in [0, 0.05) is 22.3 Å². The molecule has 1 heterocycles. The van der Waals surface area contributed by atoms with Crippen molar-refractivity contribution in [2.75, 3.05) is 10.2 Å². The molecule has 2 N–H and O–H groups in total. The van der Waals surface area contributed by atoms with Gasteiger partial charge in [-0.05, 0) is 61.7 Å². The van der Waals surface area contributed by atoms with Crippen LogP contribution in [0.2, 0.25) is 5.02 Å². The number of benzene rings is 2. The van der Waals surface area contributed by atoms with E-state index in [-0.39, 0.29) is 22.7 Å². The van der Waals surface area contributed by atoms with Crippen LogP contribution in [0.25, 0.3) is 0 Å². The summed E-state index contributed by atoms with van der Waals surface area (Å²) in [6.07, 6.45) is 4.30. The number of nitrogens with zero attached hydrogens (tertiary/aromatic N) is 1. The molecule has 0 atom stereocenters. The van der Waals surface area contributed by atoms with Gasteiger partial charge in [0.25, 0.3) is 17.7 Å². The third-order valence-corrected chi connectivity index (χ3v) is 6.37. The zero-order valence-electron chi connectivity index (χ0n) is 16.9. The molecule has 0 saturated heterocycles. The molecule has 0 radical (unpaired) electrons. The number of imide groups is 1. The minimum atomic E-state index is -0.618. The molecule has 3 amide bonds. The molecule has 0 spiro atoms. The van der Waals surface area contributed by atoms with E-state index in [2.05, 4.69) is 10.6 Å². The van der Waals surface area contributed by atoms with E-state index in [0.29, 0.717) is 27.5 Å². The van der Waals surface area contributed by atoms with Crippen LogP contribution in [0.15, 0.2) is 53.2 Å². The molecule has 0 unspecified atom stereocenters. The van der Waals surface area contributed by atoms with Gasteiger partial charge in [0.2, 0.25) is 0 Å². The number of carbonyl (C=O) groups is 3. The van der Waals surface area contributed by atoms with Crippen LogP contribution < -0.4 is 15.5 Å². The minimum Gasteiger partial charge on any atom is -0.350 e. The fourth-order valence-corrected chi connectivity index (χ4v) is 4.24. The zero-order chi connectivity index (χ0) is 22.1. The fraction of sp³-hybridized carbons (Fsp3) is 0.261. The molecule has 1 fully saturated rings. The van der Waals surface area contributed by atoms with Crippen molar-refractivity contribution < 1.29 is 14.4 Å². The van der Waals surface area contributed by atoms with E-state index >= 15 is 0 Å². The highest BCUT2D eigenvalue weighted by Gasteiger charge is 2.39. The first kappa shape index (κ1) is 21.4. The predicted molar refractivity (Wildman–Crippen MR) is 121 cm³/mol. The van der Waals surface area contributed by atoms with Gasteiger partial charge < -0.3 is 10.6 Å². The molecular weight excluding hydrogens is 437 g/mol. The number of nitrogens with one attached hydrogen (secondary N) is 2. The van der Waals surface area contributed by atoms with E-state index in [1.165, 1.54) is 0 Å². The summed E-state index contributed by atoms with van der Waals surface area (Å²) >= 11 is 12.3. The highest BCUT2D eigenvalue weighted by Crippen LogP contribution is 2.34. The van der Waals surface area contributed by atoms with Crippen molar-refractivity contribution >= 4 is 52.3 Å². The van der Waals surface area contributed by atoms with Crippen molar-refractivity contribution in [3.8, 4) is 0 Å². The first-order valence-electron chi connectivity index (χ1n) is 10.1. The lowest BCUT2D eigenvalue weighted by molar-refractivity contribution is -0.120. The topological polar surface area (TPSA) is 78.5 Å². The van der Waals surface area contributed by atoms with Crippen LogP contribution in [-0.2, 0) is 9.59 Å². The van der Waals surface area contributed by atoms with Crippen molar-refractivity contribution in [1.82, 2.24) is 5.32 Å². The second-order valence-corrected chi connectivity index (χ2v) is 8.46. The summed E-state index contributed by atoms with van der Waals surface area (Å²) in [5.74, 6) is -1.30. The van der Waals surface area contributed by atoms with E-state index in [1.54, 1.807) is 49.4 Å². The lowest BCUT2D eigenvalue weighted by Gasteiger charge is -2.18. The summed E-state index contributed by atoms with van der Waals surface area (Å²) in [6.45, 7) is 1.73. The summed E-state index contributed by atoms with van der Waals surface area (Å²) < 4.78 is 0. The van der Waals surface area contributed by atoms with E-state index in [1.807, 2.05) is 0 Å². The maximum atomic E-state index is 13.0. The molecule has 2 aromatic carbocycles. The average Bonchev–Trinajstić information content (AvgIpc) is 3.34. The first-order valence-corrected chi connectivity index (χ1v) is 10.8. The Morgan fingerprint density at radius 3 is 2.35 bits per heavy atom. The summed E-state index contributed by atoms with van der Waals surface area (Å²) in [5.41, 5.74) is 2.04. The summed E-state index contributed by atoms with van der Waals surface area (Å²) in [6, 6.07) is 11.9. The Balaban J connectivity index is 1.50. The molecule has 0 bridgehead atoms. The Morgan fingerprint density at radius 1 is 1.00 bits per heavy atom. The molecular formula is C23H21Cl2N3O3. The van der Waals surface area contributed by atoms with Crippen molar-refractivity contribution in [3.63, 3.8) is 0 Å². The van der Waals surface area contributed by atoms with Crippen LogP contribution in [0.3, 0.4) is 0 Å². The predicted octanol–water partition coefficient (Wildman–Crippen LogP) is 4.76. The van der Waals surface area contributed by atoms with Gasteiger partial charge in [0.1, 0.15) is 10.7 Å². The second kappa shape index (κ2) is 8.73. The monoisotopic (exact) mass is 457 g/mol. The van der Waals surface area contributed by atoms with Gasteiger partial charge in [-0.15, -0.1) is 0 Å². The maximum Gasteiger partial charge on any atom is 0.283 e. The Hall–Kier alpha value is -2.83. The normalized spacial score (nSPS) is 16.9. The molecule has 2 aromatic rings. The number of anilines is 2. The number of carbonyl (C=O) groups excluding carboxylic acids is 3. The molecule has 0 aromatic heterocycles. The van der Waals surface area contributed by atoms with E-state index in [0.717, 1.165) is 30.6 Å². The van der Waals surface area contributed by atoms with Gasteiger partial charge >= 0.3 is 0 Å². The smallest absolute Gasteiger partial charge is 0.283 e. The highest BCUT2D eigenvalue weighted by atomic mass is 35.5. The Kier molecular flexibility index (Phi) is 6.03. The standard InChI is InChI=1S/C23H21Cl2N3O3/c1-13-17(24)7-4-8-18(13)28-22(30)19(25)20(23(28)31)26-16-11-9-14(10-12-16)21(29)27-15-5-2-3-6-15/h4,7-12,15,26H,2-3,5-6H2,1H3,(H,27,29). The van der Waals surface area contributed by atoms with Gasteiger partial charge in [-0.1, -0.05) is 42.1 Å². The highest BCUT2D eigenvalue weighted by molar-refractivity contribution is 6.53. The molecule has 8 heteroatoms. The Labute approximate surface area is 190 Å². The van der Waals surface area contributed by atoms with Crippen LogP contribution in [0.4, 0.5) is 11.4 Å². The van der Waals surface area contributed by atoms with Crippen molar-refractivity contribution in [1.29, 1.82) is 0 Å². The molecule has 1 aliphatic heterocycles. The third kappa shape index (κ3) is 4.18. The molecule has 1 saturated carbocycles. The van der Waals surface area contributed by atoms with Crippen LogP contribution in [0.1, 0.15) is 41.6 Å². The van der Waals surface area contributed by atoms with Gasteiger partial charge in [0.15, 0.2) is 0 Å². The Bertz CT molecular complexity index is 1090. The number of halogens is 2. The summed E-state index contributed by atoms with van der Waals surface area (Å²) in [5, 5.41) is 6.20. The van der Waals surface area contributed by atoms with Gasteiger partial charge in [-0.25, -0.2) is 4.90 Å². The van der Waals surface area contributed by atoms with Crippen molar-refractivity contribution in [3.05, 3.63) is 69.3 Å². The molecule has 2 aliphatic rings. The second-order valence-electron chi connectivity index (χ2n) is 7.68. The minimum absolute atomic E-state index is 0.0193.